The van der Waals surface area contributed by atoms with Crippen molar-refractivity contribution in [3.8, 4) is 11.4 Å². The molecule has 6 heteroatoms. The van der Waals surface area contributed by atoms with E-state index in [4.69, 9.17) is 5.73 Å². The number of nitrogen functional groups attached to an aromatic ring is 1. The molecule has 3 N–H and O–H groups in total. The quantitative estimate of drug-likeness (QED) is 0.728. The first-order valence-corrected chi connectivity index (χ1v) is 6.42. The number of hydrogen-bond acceptors (Lipinski definition) is 3. The molecule has 0 amide bonds. The third-order valence-corrected chi connectivity index (χ3v) is 3.28. The van der Waals surface area contributed by atoms with E-state index in [0.29, 0.717) is 22.5 Å². The van der Waals surface area contributed by atoms with Gasteiger partial charge in [0.05, 0.1) is 17.6 Å². The van der Waals surface area contributed by atoms with E-state index >= 15 is 0 Å². The van der Waals surface area contributed by atoms with E-state index in [2.05, 4.69) is 4.98 Å². The standard InChI is InChI=1S/C15H13F2N3O/c16-11-7-13-14(8-12(11)17)20(5-6-21)15(19-13)9-1-3-10(18)4-2-9/h1-4,7-8,21H,5-6,18H2. The van der Waals surface area contributed by atoms with Gasteiger partial charge in [-0.25, -0.2) is 13.8 Å². The van der Waals surface area contributed by atoms with Crippen LogP contribution >= 0.6 is 0 Å². The zero-order chi connectivity index (χ0) is 15.0. The number of aliphatic hydroxyl groups excluding tert-OH is 1. The van der Waals surface area contributed by atoms with Crippen molar-refractivity contribution >= 4 is 16.7 Å². The molecule has 0 aliphatic rings. The number of aliphatic hydroxyl groups is 1. The van der Waals surface area contributed by atoms with E-state index in [9.17, 15) is 13.9 Å². The van der Waals surface area contributed by atoms with Crippen LogP contribution in [0.25, 0.3) is 22.4 Å². The minimum absolute atomic E-state index is 0.133. The molecule has 0 unspecified atom stereocenters. The Morgan fingerprint density at radius 1 is 1.10 bits per heavy atom. The maximum Gasteiger partial charge on any atom is 0.161 e. The van der Waals surface area contributed by atoms with Crippen LogP contribution < -0.4 is 5.73 Å². The van der Waals surface area contributed by atoms with Crippen LogP contribution in [0.2, 0.25) is 0 Å². The molecule has 4 nitrogen and oxygen atoms in total. The van der Waals surface area contributed by atoms with Crippen LogP contribution in [0.1, 0.15) is 0 Å². The van der Waals surface area contributed by atoms with Crippen LogP contribution in [0.5, 0.6) is 0 Å². The summed E-state index contributed by atoms with van der Waals surface area (Å²) in [6.45, 7) is 0.105. The Labute approximate surface area is 119 Å². The molecule has 108 valence electrons. The first-order valence-electron chi connectivity index (χ1n) is 6.42. The Morgan fingerprint density at radius 3 is 2.43 bits per heavy atom. The van der Waals surface area contributed by atoms with Crippen molar-refractivity contribution in [2.45, 2.75) is 6.54 Å². The molecule has 1 aromatic heterocycles. The van der Waals surface area contributed by atoms with Crippen molar-refractivity contribution < 1.29 is 13.9 Å². The molecule has 2 aromatic carbocycles. The van der Waals surface area contributed by atoms with Gasteiger partial charge in [0.15, 0.2) is 11.6 Å². The zero-order valence-corrected chi connectivity index (χ0v) is 11.1. The summed E-state index contributed by atoms with van der Waals surface area (Å²) in [4.78, 5) is 4.34. The van der Waals surface area contributed by atoms with Crippen molar-refractivity contribution in [3.05, 3.63) is 48.0 Å². The van der Waals surface area contributed by atoms with E-state index < -0.39 is 11.6 Å². The molecule has 0 atom stereocenters. The highest BCUT2D eigenvalue weighted by molar-refractivity contribution is 5.81. The summed E-state index contributed by atoms with van der Waals surface area (Å²) in [5.41, 5.74) is 7.80. The molecule has 0 saturated heterocycles. The van der Waals surface area contributed by atoms with Crippen LogP contribution in [0.15, 0.2) is 36.4 Å². The molecule has 0 fully saturated rings. The van der Waals surface area contributed by atoms with Crippen molar-refractivity contribution in [1.29, 1.82) is 0 Å². The van der Waals surface area contributed by atoms with Gasteiger partial charge < -0.3 is 15.4 Å². The fraction of sp³-hybridized carbons (Fsp3) is 0.133. The van der Waals surface area contributed by atoms with E-state index in [1.165, 1.54) is 0 Å². The number of rotatable bonds is 3. The first kappa shape index (κ1) is 13.5. The molecule has 0 saturated carbocycles. The summed E-state index contributed by atoms with van der Waals surface area (Å²) in [5, 5.41) is 9.20. The van der Waals surface area contributed by atoms with Crippen molar-refractivity contribution in [2.75, 3.05) is 12.3 Å². The molecular weight excluding hydrogens is 276 g/mol. The van der Waals surface area contributed by atoms with Gasteiger partial charge in [-0.15, -0.1) is 0 Å². The molecule has 21 heavy (non-hydrogen) atoms. The zero-order valence-electron chi connectivity index (χ0n) is 11.1. The molecule has 3 aromatic rings. The van der Waals surface area contributed by atoms with Gasteiger partial charge in [-0.05, 0) is 24.3 Å². The summed E-state index contributed by atoms with van der Waals surface area (Å²) in [6, 6.07) is 9.14. The maximum atomic E-state index is 13.4. The third kappa shape index (κ3) is 2.34. The molecule has 0 radical (unpaired) electrons. The predicted octanol–water partition coefficient (Wildman–Crippen LogP) is 2.56. The lowest BCUT2D eigenvalue weighted by molar-refractivity contribution is 0.278. The summed E-state index contributed by atoms with van der Waals surface area (Å²) in [7, 11) is 0. The molecule has 3 rings (SSSR count). The maximum absolute atomic E-state index is 13.4. The number of fused-ring (bicyclic) bond motifs is 1. The predicted molar refractivity (Wildman–Crippen MR) is 76.6 cm³/mol. The Kier molecular flexibility index (Phi) is 3.31. The van der Waals surface area contributed by atoms with Crippen molar-refractivity contribution in [2.24, 2.45) is 0 Å². The second kappa shape index (κ2) is 5.14. The number of nitrogens with zero attached hydrogens (tertiary/aromatic N) is 2. The lowest BCUT2D eigenvalue weighted by Crippen LogP contribution is -2.04. The van der Waals surface area contributed by atoms with E-state index in [1.54, 1.807) is 28.8 Å². The molecule has 0 bridgehead atoms. The smallest absolute Gasteiger partial charge is 0.161 e. The van der Waals surface area contributed by atoms with Gasteiger partial charge in [0.2, 0.25) is 0 Å². The first-order chi connectivity index (χ1) is 10.1. The van der Waals surface area contributed by atoms with Gasteiger partial charge in [0, 0.05) is 29.9 Å². The highest BCUT2D eigenvalue weighted by Gasteiger charge is 2.15. The van der Waals surface area contributed by atoms with Gasteiger partial charge in [-0.3, -0.25) is 0 Å². The third-order valence-electron chi connectivity index (χ3n) is 3.28. The fourth-order valence-electron chi connectivity index (χ4n) is 2.30. The largest absolute Gasteiger partial charge is 0.399 e. The average Bonchev–Trinajstić information content (AvgIpc) is 2.79. The lowest BCUT2D eigenvalue weighted by atomic mass is 10.2. The lowest BCUT2D eigenvalue weighted by Gasteiger charge is -2.07. The summed E-state index contributed by atoms with van der Waals surface area (Å²) < 4.78 is 28.4. The van der Waals surface area contributed by atoms with Crippen molar-refractivity contribution in [1.82, 2.24) is 9.55 Å². The highest BCUT2D eigenvalue weighted by Crippen LogP contribution is 2.27. The molecule has 0 spiro atoms. The van der Waals surface area contributed by atoms with Gasteiger partial charge in [-0.2, -0.15) is 0 Å². The number of imidazole rings is 1. The van der Waals surface area contributed by atoms with Gasteiger partial charge in [-0.1, -0.05) is 0 Å². The Balaban J connectivity index is 2.25. The van der Waals surface area contributed by atoms with Gasteiger partial charge in [0.25, 0.3) is 0 Å². The fourth-order valence-corrected chi connectivity index (χ4v) is 2.30. The number of halogens is 2. The van der Waals surface area contributed by atoms with Crippen LogP contribution in [0.3, 0.4) is 0 Å². The van der Waals surface area contributed by atoms with Crippen LogP contribution in [-0.4, -0.2) is 21.3 Å². The number of nitrogens with two attached hydrogens (primary N) is 1. The average molecular weight is 289 g/mol. The Hall–Kier alpha value is -2.47. The minimum Gasteiger partial charge on any atom is -0.399 e. The summed E-state index contributed by atoms with van der Waals surface area (Å²) >= 11 is 0. The Morgan fingerprint density at radius 2 is 1.76 bits per heavy atom. The summed E-state index contributed by atoms with van der Waals surface area (Å²) in [6.07, 6.45) is 0. The molecule has 1 heterocycles. The van der Waals surface area contributed by atoms with Gasteiger partial charge >= 0.3 is 0 Å². The second-order valence-electron chi connectivity index (χ2n) is 4.69. The van der Waals surface area contributed by atoms with Crippen LogP contribution in [0.4, 0.5) is 14.5 Å². The molecule has 0 aliphatic carbocycles. The van der Waals surface area contributed by atoms with E-state index in [-0.39, 0.29) is 13.2 Å². The number of hydrogen-bond donors (Lipinski definition) is 2. The minimum atomic E-state index is -0.944. The summed E-state index contributed by atoms with van der Waals surface area (Å²) in [5.74, 6) is -1.35. The Bertz CT molecular complexity index is 797. The van der Waals surface area contributed by atoms with Crippen molar-refractivity contribution in [3.63, 3.8) is 0 Å². The van der Waals surface area contributed by atoms with Crippen LogP contribution in [0, 0.1) is 11.6 Å². The van der Waals surface area contributed by atoms with E-state index in [0.717, 1.165) is 17.7 Å². The monoisotopic (exact) mass is 289 g/mol. The molecular formula is C15H13F2N3O. The number of aromatic nitrogens is 2. The highest BCUT2D eigenvalue weighted by atomic mass is 19.2. The normalized spacial score (nSPS) is 11.2. The van der Waals surface area contributed by atoms with Gasteiger partial charge in [0.1, 0.15) is 5.82 Å². The second-order valence-corrected chi connectivity index (χ2v) is 4.69. The number of anilines is 1. The SMILES string of the molecule is Nc1ccc(-c2nc3cc(F)c(F)cc3n2CCO)cc1. The topological polar surface area (TPSA) is 64.1 Å². The molecule has 0 aliphatic heterocycles. The van der Waals surface area contributed by atoms with Crippen LogP contribution in [-0.2, 0) is 6.54 Å². The van der Waals surface area contributed by atoms with E-state index in [1.807, 2.05) is 0 Å². The number of benzene rings is 2.